The molecule has 0 aromatic carbocycles. The van der Waals surface area contributed by atoms with E-state index in [-0.39, 0.29) is 11.1 Å². The fourth-order valence-corrected chi connectivity index (χ4v) is 2.33. The van der Waals surface area contributed by atoms with Gasteiger partial charge in [-0.2, -0.15) is 13.2 Å². The predicted molar refractivity (Wildman–Crippen MR) is 70.9 cm³/mol. The number of rotatable bonds is 3. The van der Waals surface area contributed by atoms with Crippen LogP contribution in [0.15, 0.2) is 16.9 Å². The van der Waals surface area contributed by atoms with Gasteiger partial charge in [0.2, 0.25) is 0 Å². The molecule has 1 atom stereocenters. The van der Waals surface area contributed by atoms with E-state index in [4.69, 9.17) is 0 Å². The molecule has 0 spiro atoms. The second-order valence-corrected chi connectivity index (χ2v) is 6.19. The van der Waals surface area contributed by atoms with Crippen LogP contribution < -0.4 is 5.56 Å². The van der Waals surface area contributed by atoms with Gasteiger partial charge in [-0.3, -0.25) is 9.59 Å². The number of nitrogens with zero attached hydrogens (tertiary/aromatic N) is 1. The Morgan fingerprint density at radius 2 is 2.00 bits per heavy atom. The van der Waals surface area contributed by atoms with Crippen LogP contribution in [0.25, 0.3) is 0 Å². The van der Waals surface area contributed by atoms with Crippen molar-refractivity contribution in [2.75, 3.05) is 13.6 Å². The highest BCUT2D eigenvalue weighted by molar-refractivity contribution is 5.92. The third-order valence-corrected chi connectivity index (χ3v) is 4.00. The number of aromatic nitrogens is 1. The molecule has 1 aromatic heterocycles. The van der Waals surface area contributed by atoms with Crippen LogP contribution in [0.1, 0.15) is 36.3 Å². The number of alkyl halides is 3. The molecule has 1 aromatic rings. The Balaban J connectivity index is 2.13. The van der Waals surface area contributed by atoms with Crippen LogP contribution in [0.5, 0.6) is 0 Å². The van der Waals surface area contributed by atoms with Gasteiger partial charge in [0.1, 0.15) is 11.3 Å². The molecule has 7 heteroatoms. The minimum absolute atomic E-state index is 0.131. The van der Waals surface area contributed by atoms with E-state index in [0.717, 1.165) is 12.5 Å². The fraction of sp³-hybridized carbons (Fsp3) is 0.571. The largest absolute Gasteiger partial charge is 0.421 e. The molecule has 1 aliphatic carbocycles. The number of nitrogens with one attached hydrogen (secondary N) is 1. The number of hydrogen-bond donors (Lipinski definition) is 1. The van der Waals surface area contributed by atoms with Crippen LogP contribution in [0.3, 0.4) is 0 Å². The summed E-state index contributed by atoms with van der Waals surface area (Å²) in [5.74, 6) is -0.101. The quantitative estimate of drug-likeness (QED) is 0.932. The SMILES string of the molecule is CN(CC1CC1(C)C)C(=O)c1ccc(C(F)(F)F)c(=O)[nH]1. The summed E-state index contributed by atoms with van der Waals surface area (Å²) >= 11 is 0. The van der Waals surface area contributed by atoms with Crippen molar-refractivity contribution in [3.8, 4) is 0 Å². The van der Waals surface area contributed by atoms with Gasteiger partial charge in [-0.25, -0.2) is 0 Å². The third kappa shape index (κ3) is 3.28. The van der Waals surface area contributed by atoms with Crippen LogP contribution in [-0.2, 0) is 6.18 Å². The Hall–Kier alpha value is -1.79. The first-order valence-electron chi connectivity index (χ1n) is 6.58. The van der Waals surface area contributed by atoms with Gasteiger partial charge < -0.3 is 9.88 Å². The third-order valence-electron chi connectivity index (χ3n) is 4.00. The van der Waals surface area contributed by atoms with Crippen molar-refractivity contribution in [2.45, 2.75) is 26.4 Å². The van der Waals surface area contributed by atoms with Crippen molar-refractivity contribution >= 4 is 5.91 Å². The van der Waals surface area contributed by atoms with Gasteiger partial charge in [-0.05, 0) is 29.9 Å². The molecular formula is C14H17F3N2O2. The second-order valence-electron chi connectivity index (χ2n) is 6.19. The van der Waals surface area contributed by atoms with Crippen molar-refractivity contribution in [2.24, 2.45) is 11.3 Å². The molecule has 1 amide bonds. The van der Waals surface area contributed by atoms with Crippen LogP contribution >= 0.6 is 0 Å². The van der Waals surface area contributed by atoms with Crippen LogP contribution in [-0.4, -0.2) is 29.4 Å². The topological polar surface area (TPSA) is 53.2 Å². The average molecular weight is 302 g/mol. The van der Waals surface area contributed by atoms with E-state index in [2.05, 4.69) is 13.8 Å². The number of carbonyl (C=O) groups excluding carboxylic acids is 1. The number of hydrogen-bond acceptors (Lipinski definition) is 2. The summed E-state index contributed by atoms with van der Waals surface area (Å²) in [5.41, 5.74) is -2.53. The smallest absolute Gasteiger partial charge is 0.340 e. The van der Waals surface area contributed by atoms with Gasteiger partial charge in [0.15, 0.2) is 0 Å². The Labute approximate surface area is 120 Å². The number of halogens is 3. The summed E-state index contributed by atoms with van der Waals surface area (Å²) in [6.07, 6.45) is -3.72. The van der Waals surface area contributed by atoms with Crippen LogP contribution in [0.2, 0.25) is 0 Å². The molecule has 1 unspecified atom stereocenters. The Morgan fingerprint density at radius 3 is 2.43 bits per heavy atom. The van der Waals surface area contributed by atoms with E-state index < -0.39 is 23.2 Å². The molecule has 2 rings (SSSR count). The summed E-state index contributed by atoms with van der Waals surface area (Å²) in [5, 5.41) is 0. The normalized spacial score (nSPS) is 20.2. The van der Waals surface area contributed by atoms with Gasteiger partial charge in [0, 0.05) is 13.6 Å². The lowest BCUT2D eigenvalue weighted by Gasteiger charge is -2.18. The number of aromatic amines is 1. The van der Waals surface area contributed by atoms with Gasteiger partial charge in [-0.1, -0.05) is 13.8 Å². The zero-order valence-corrected chi connectivity index (χ0v) is 12.0. The molecule has 0 aliphatic heterocycles. The molecule has 1 N–H and O–H groups in total. The predicted octanol–water partition coefficient (Wildman–Crippen LogP) is 2.51. The first kappa shape index (κ1) is 15.6. The lowest BCUT2D eigenvalue weighted by molar-refractivity contribution is -0.138. The van der Waals surface area contributed by atoms with E-state index in [1.165, 1.54) is 4.90 Å². The first-order valence-corrected chi connectivity index (χ1v) is 6.58. The minimum atomic E-state index is -4.72. The van der Waals surface area contributed by atoms with Gasteiger partial charge in [-0.15, -0.1) is 0 Å². The van der Waals surface area contributed by atoms with Gasteiger partial charge in [0.05, 0.1) is 0 Å². The molecule has 116 valence electrons. The zero-order valence-electron chi connectivity index (χ0n) is 12.0. The lowest BCUT2D eigenvalue weighted by atomic mass is 10.1. The highest BCUT2D eigenvalue weighted by Crippen LogP contribution is 2.51. The molecule has 1 fully saturated rings. The Morgan fingerprint density at radius 1 is 1.43 bits per heavy atom. The standard InChI is InChI=1S/C14H17F3N2O2/c1-13(2)6-8(13)7-19(3)12(21)10-5-4-9(11(20)18-10)14(15,16)17/h4-5,8H,6-7H2,1-3H3,(H,18,20). The molecular weight excluding hydrogens is 285 g/mol. The number of H-pyrrole nitrogens is 1. The molecule has 1 aliphatic rings. The Kier molecular flexibility index (Phi) is 3.63. The van der Waals surface area contributed by atoms with E-state index in [1.54, 1.807) is 7.05 Å². The Bertz CT molecular complexity index is 619. The highest BCUT2D eigenvalue weighted by atomic mass is 19.4. The summed E-state index contributed by atoms with van der Waals surface area (Å²) < 4.78 is 37.5. The maximum absolute atomic E-state index is 12.5. The fourth-order valence-electron chi connectivity index (χ4n) is 2.33. The number of carbonyl (C=O) groups is 1. The monoisotopic (exact) mass is 302 g/mol. The van der Waals surface area contributed by atoms with Crippen LogP contribution in [0.4, 0.5) is 13.2 Å². The first-order chi connectivity index (χ1) is 9.52. The molecule has 0 bridgehead atoms. The summed E-state index contributed by atoms with van der Waals surface area (Å²) in [6.45, 7) is 4.71. The maximum atomic E-state index is 12.5. The van der Waals surface area contributed by atoms with Crippen molar-refractivity contribution in [1.29, 1.82) is 0 Å². The highest BCUT2D eigenvalue weighted by Gasteiger charge is 2.46. The maximum Gasteiger partial charge on any atom is 0.421 e. The molecule has 1 saturated carbocycles. The molecule has 0 saturated heterocycles. The van der Waals surface area contributed by atoms with E-state index in [9.17, 15) is 22.8 Å². The van der Waals surface area contributed by atoms with Crippen LogP contribution in [0, 0.1) is 11.3 Å². The zero-order chi connectivity index (χ0) is 16.0. The van der Waals surface area contributed by atoms with Crippen molar-refractivity contribution < 1.29 is 18.0 Å². The van der Waals surface area contributed by atoms with E-state index in [1.807, 2.05) is 4.98 Å². The summed E-state index contributed by atoms with van der Waals surface area (Å²) in [6, 6.07) is 1.64. The molecule has 21 heavy (non-hydrogen) atoms. The van der Waals surface area contributed by atoms with Crippen molar-refractivity contribution in [1.82, 2.24) is 9.88 Å². The second kappa shape index (κ2) is 4.89. The summed E-state index contributed by atoms with van der Waals surface area (Å²) in [4.78, 5) is 27.0. The van der Waals surface area contributed by atoms with Crippen molar-refractivity contribution in [3.63, 3.8) is 0 Å². The minimum Gasteiger partial charge on any atom is -0.340 e. The van der Waals surface area contributed by atoms with E-state index >= 15 is 0 Å². The average Bonchev–Trinajstić information content (AvgIpc) is 2.93. The number of amides is 1. The lowest BCUT2D eigenvalue weighted by Crippen LogP contribution is -2.32. The van der Waals surface area contributed by atoms with Gasteiger partial charge >= 0.3 is 6.18 Å². The number of pyridine rings is 1. The summed E-state index contributed by atoms with van der Waals surface area (Å²) in [7, 11) is 1.58. The molecule has 1 heterocycles. The molecule has 4 nitrogen and oxygen atoms in total. The van der Waals surface area contributed by atoms with E-state index in [0.29, 0.717) is 18.5 Å². The van der Waals surface area contributed by atoms with Gasteiger partial charge in [0.25, 0.3) is 11.5 Å². The van der Waals surface area contributed by atoms with Crippen molar-refractivity contribution in [3.05, 3.63) is 33.7 Å². The molecule has 0 radical (unpaired) electrons.